The quantitative estimate of drug-likeness (QED) is 0.625. The number of carbonyl (C=O) groups is 1. The molecule has 0 bridgehead atoms. The van der Waals surface area contributed by atoms with Crippen molar-refractivity contribution in [1.82, 2.24) is 5.32 Å². The van der Waals surface area contributed by atoms with Gasteiger partial charge in [-0.05, 0) is 49.1 Å². The molecule has 0 heterocycles. The summed E-state index contributed by atoms with van der Waals surface area (Å²) in [5.41, 5.74) is 2.24. The van der Waals surface area contributed by atoms with Gasteiger partial charge in [-0.15, -0.1) is 0 Å². The lowest BCUT2D eigenvalue weighted by Crippen LogP contribution is -2.40. The first-order chi connectivity index (χ1) is 14.1. The molecule has 2 aromatic carbocycles. The molecule has 2 aromatic rings. The van der Waals surface area contributed by atoms with E-state index in [4.69, 9.17) is 14.2 Å². The number of aryl methyl sites for hydroxylation is 1. The number of methoxy groups -OCH3 is 2. The van der Waals surface area contributed by atoms with E-state index in [9.17, 15) is 4.79 Å². The molecule has 6 nitrogen and oxygen atoms in total. The molecule has 0 saturated carbocycles. The first-order valence-corrected chi connectivity index (χ1v) is 9.35. The summed E-state index contributed by atoms with van der Waals surface area (Å²) in [6.45, 7) is 2.94. The molecule has 154 valence electrons. The smallest absolute Gasteiger partial charge is 0.252 e. The number of amides is 1. The fourth-order valence-electron chi connectivity index (χ4n) is 2.47. The Labute approximate surface area is 172 Å². The van der Waals surface area contributed by atoms with Crippen molar-refractivity contribution < 1.29 is 23.7 Å². The topological polar surface area (TPSA) is 66.0 Å². The van der Waals surface area contributed by atoms with Crippen molar-refractivity contribution >= 4 is 5.91 Å². The average Bonchev–Trinajstić information content (AvgIpc) is 2.74. The van der Waals surface area contributed by atoms with Crippen LogP contribution in [0, 0.1) is 19.0 Å². The molecule has 0 fully saturated rings. The maximum absolute atomic E-state index is 12.3. The molecule has 0 radical (unpaired) electrons. The van der Waals surface area contributed by atoms with Crippen molar-refractivity contribution in [1.29, 1.82) is 0 Å². The van der Waals surface area contributed by atoms with Gasteiger partial charge in [0.2, 0.25) is 0 Å². The van der Waals surface area contributed by atoms with Gasteiger partial charge in [0.1, 0.15) is 24.2 Å². The number of hydrogen-bond donors (Lipinski definition) is 1. The van der Waals surface area contributed by atoms with Crippen LogP contribution < -0.4 is 14.8 Å². The predicted octanol–water partition coefficient (Wildman–Crippen LogP) is 2.73. The second-order valence-corrected chi connectivity index (χ2v) is 6.31. The van der Waals surface area contributed by atoms with E-state index < -0.39 is 6.10 Å². The summed E-state index contributed by atoms with van der Waals surface area (Å²) in [7, 11) is 3.00. The van der Waals surface area contributed by atoms with Crippen molar-refractivity contribution in [3.05, 3.63) is 59.7 Å². The molecule has 1 unspecified atom stereocenters. The highest BCUT2D eigenvalue weighted by atomic mass is 16.5. The zero-order chi connectivity index (χ0) is 20.9. The van der Waals surface area contributed by atoms with Crippen molar-refractivity contribution in [3.8, 4) is 23.5 Å². The highest BCUT2D eigenvalue weighted by Gasteiger charge is 2.18. The monoisotopic (exact) mass is 397 g/mol. The number of hydrogen-bond acceptors (Lipinski definition) is 5. The minimum Gasteiger partial charge on any atom is -0.490 e. The molecule has 1 N–H and O–H groups in total. The first kappa shape index (κ1) is 22.1. The van der Waals surface area contributed by atoms with Gasteiger partial charge < -0.3 is 24.3 Å². The third kappa shape index (κ3) is 8.16. The predicted molar refractivity (Wildman–Crippen MR) is 111 cm³/mol. The zero-order valence-electron chi connectivity index (χ0n) is 17.1. The lowest BCUT2D eigenvalue weighted by Gasteiger charge is -2.16. The Balaban J connectivity index is 1.72. The second kappa shape index (κ2) is 12.3. The van der Waals surface area contributed by atoms with Gasteiger partial charge in [-0.3, -0.25) is 4.79 Å². The van der Waals surface area contributed by atoms with Crippen LogP contribution in [-0.4, -0.2) is 46.0 Å². The second-order valence-electron chi connectivity index (χ2n) is 6.31. The van der Waals surface area contributed by atoms with Gasteiger partial charge in [-0.1, -0.05) is 29.8 Å². The Hall–Kier alpha value is -3.17. The van der Waals surface area contributed by atoms with Crippen LogP contribution in [0.15, 0.2) is 48.5 Å². The van der Waals surface area contributed by atoms with Gasteiger partial charge in [0.25, 0.3) is 5.91 Å². The number of nitrogens with one attached hydrogen (secondary N) is 1. The van der Waals surface area contributed by atoms with Crippen LogP contribution in [0.2, 0.25) is 0 Å². The molecular formula is C23H27NO5. The van der Waals surface area contributed by atoms with Gasteiger partial charge in [0, 0.05) is 13.7 Å². The van der Waals surface area contributed by atoms with Crippen molar-refractivity contribution in [2.75, 3.05) is 34.0 Å². The third-order valence-corrected chi connectivity index (χ3v) is 4.12. The Kier molecular flexibility index (Phi) is 9.40. The van der Waals surface area contributed by atoms with Crippen LogP contribution in [0.1, 0.15) is 11.1 Å². The van der Waals surface area contributed by atoms with Gasteiger partial charge in [0.05, 0.1) is 7.11 Å². The highest BCUT2D eigenvalue weighted by molar-refractivity contribution is 5.80. The summed E-state index contributed by atoms with van der Waals surface area (Å²) < 4.78 is 21.0. The number of benzene rings is 2. The van der Waals surface area contributed by atoms with E-state index in [0.29, 0.717) is 18.7 Å². The van der Waals surface area contributed by atoms with E-state index in [1.165, 1.54) is 14.2 Å². The van der Waals surface area contributed by atoms with E-state index in [2.05, 4.69) is 22.1 Å². The van der Waals surface area contributed by atoms with E-state index in [-0.39, 0.29) is 19.1 Å². The molecule has 0 aromatic heterocycles. The SMILES string of the molecule is COC#CCOc1ccc(CCNC(=O)C(COc2ccc(C)cc2)OC)cc1. The van der Waals surface area contributed by atoms with E-state index in [1.54, 1.807) is 0 Å². The molecule has 0 aliphatic carbocycles. The van der Waals surface area contributed by atoms with Crippen molar-refractivity contribution in [3.63, 3.8) is 0 Å². The van der Waals surface area contributed by atoms with Gasteiger partial charge >= 0.3 is 0 Å². The Morgan fingerprint density at radius 1 is 1.00 bits per heavy atom. The van der Waals surface area contributed by atoms with E-state index in [0.717, 1.165) is 16.9 Å². The molecule has 1 amide bonds. The minimum absolute atomic E-state index is 0.156. The minimum atomic E-state index is -0.666. The van der Waals surface area contributed by atoms with Crippen molar-refractivity contribution in [2.24, 2.45) is 0 Å². The van der Waals surface area contributed by atoms with Crippen molar-refractivity contribution in [2.45, 2.75) is 19.4 Å². The van der Waals surface area contributed by atoms with Crippen LogP contribution in [0.25, 0.3) is 0 Å². The summed E-state index contributed by atoms with van der Waals surface area (Å²) in [5, 5.41) is 2.88. The summed E-state index contributed by atoms with van der Waals surface area (Å²) in [4.78, 5) is 12.3. The van der Waals surface area contributed by atoms with Gasteiger partial charge in [-0.2, -0.15) is 0 Å². The lowest BCUT2D eigenvalue weighted by atomic mass is 10.1. The third-order valence-electron chi connectivity index (χ3n) is 4.12. The molecule has 1 atom stereocenters. The Morgan fingerprint density at radius 3 is 2.31 bits per heavy atom. The fourth-order valence-corrected chi connectivity index (χ4v) is 2.47. The molecule has 0 aliphatic rings. The number of rotatable bonds is 10. The van der Waals surface area contributed by atoms with Crippen LogP contribution >= 0.6 is 0 Å². The van der Waals surface area contributed by atoms with E-state index in [1.807, 2.05) is 55.5 Å². The summed E-state index contributed by atoms with van der Waals surface area (Å²) >= 11 is 0. The van der Waals surface area contributed by atoms with Crippen LogP contribution in [0.3, 0.4) is 0 Å². The lowest BCUT2D eigenvalue weighted by molar-refractivity contribution is -0.132. The average molecular weight is 397 g/mol. The summed E-state index contributed by atoms with van der Waals surface area (Å²) in [6.07, 6.45) is 2.50. The molecule has 0 spiro atoms. The van der Waals surface area contributed by atoms with Crippen LogP contribution in [0.4, 0.5) is 0 Å². The van der Waals surface area contributed by atoms with Crippen LogP contribution in [-0.2, 0) is 20.7 Å². The van der Waals surface area contributed by atoms with Gasteiger partial charge in [0.15, 0.2) is 12.7 Å². The molecule has 0 saturated heterocycles. The maximum Gasteiger partial charge on any atom is 0.252 e. The molecule has 29 heavy (non-hydrogen) atoms. The molecular weight excluding hydrogens is 370 g/mol. The van der Waals surface area contributed by atoms with E-state index >= 15 is 0 Å². The zero-order valence-corrected chi connectivity index (χ0v) is 17.1. The molecule has 2 rings (SSSR count). The maximum atomic E-state index is 12.3. The standard InChI is InChI=1S/C23H27NO5/c1-18-5-9-21(10-6-18)29-17-22(27-3)23(25)24-14-13-19-7-11-20(12-8-19)28-16-4-15-26-2/h5-12,22H,13-14,16-17H2,1-3H3,(H,24,25). The first-order valence-electron chi connectivity index (χ1n) is 9.35. The summed E-state index contributed by atoms with van der Waals surface area (Å²) in [6, 6.07) is 15.3. The normalized spacial score (nSPS) is 11.0. The highest BCUT2D eigenvalue weighted by Crippen LogP contribution is 2.13. The van der Waals surface area contributed by atoms with Gasteiger partial charge in [-0.25, -0.2) is 0 Å². The molecule has 6 heteroatoms. The molecule has 0 aliphatic heterocycles. The Bertz CT molecular complexity index is 806. The number of ether oxygens (including phenoxy) is 4. The Morgan fingerprint density at radius 2 is 1.66 bits per heavy atom. The summed E-state index contributed by atoms with van der Waals surface area (Å²) in [5.74, 6) is 3.96. The largest absolute Gasteiger partial charge is 0.490 e. The number of carbonyl (C=O) groups excluding carboxylic acids is 1. The fraction of sp³-hybridized carbons (Fsp3) is 0.348. The van der Waals surface area contributed by atoms with Crippen LogP contribution in [0.5, 0.6) is 11.5 Å².